The van der Waals surface area contributed by atoms with Crippen molar-refractivity contribution in [2.45, 2.75) is 25.7 Å². The number of rotatable bonds is 0. The molecule has 1 heterocycles. The standard InChI is InChI=1S/C6H14N4/c7-10-6-4-2-1-3-5-8-9-10/h1-7H2. The van der Waals surface area contributed by atoms with Crippen LogP contribution in [0.1, 0.15) is 25.7 Å². The lowest BCUT2D eigenvalue weighted by Gasteiger charge is -2.07. The predicted molar refractivity (Wildman–Crippen MR) is 39.1 cm³/mol. The van der Waals surface area contributed by atoms with Crippen LogP contribution in [0, 0.1) is 0 Å². The van der Waals surface area contributed by atoms with Crippen molar-refractivity contribution < 1.29 is 0 Å². The Hall–Kier alpha value is -0.640. The largest absolute Gasteiger partial charge is 0.230 e. The van der Waals surface area contributed by atoms with Gasteiger partial charge in [0.15, 0.2) is 0 Å². The second-order valence-electron chi connectivity index (χ2n) is 2.53. The zero-order chi connectivity index (χ0) is 7.23. The molecular formula is C6H14N4. The van der Waals surface area contributed by atoms with E-state index in [2.05, 4.69) is 10.3 Å². The van der Waals surface area contributed by atoms with Gasteiger partial charge in [-0.25, -0.2) is 11.0 Å². The van der Waals surface area contributed by atoms with Crippen molar-refractivity contribution in [2.24, 2.45) is 16.2 Å². The first kappa shape index (κ1) is 7.47. The summed E-state index contributed by atoms with van der Waals surface area (Å²) in [6.45, 7) is 1.66. The highest BCUT2D eigenvalue weighted by atomic mass is 15.7. The molecule has 0 saturated carbocycles. The molecule has 4 nitrogen and oxygen atoms in total. The highest BCUT2D eigenvalue weighted by Crippen LogP contribution is 2.03. The van der Waals surface area contributed by atoms with Gasteiger partial charge in [0.25, 0.3) is 0 Å². The highest BCUT2D eigenvalue weighted by molar-refractivity contribution is 4.49. The van der Waals surface area contributed by atoms with Gasteiger partial charge in [-0.1, -0.05) is 18.1 Å². The molecule has 10 heavy (non-hydrogen) atoms. The molecule has 1 aliphatic rings. The number of hydrazine groups is 1. The average Bonchev–Trinajstić information content (AvgIpc) is 2.02. The zero-order valence-electron chi connectivity index (χ0n) is 6.16. The molecule has 1 aliphatic heterocycles. The lowest BCUT2D eigenvalue weighted by atomic mass is 10.2. The molecule has 0 fully saturated rings. The van der Waals surface area contributed by atoms with Crippen LogP contribution in [0.4, 0.5) is 0 Å². The summed E-state index contributed by atoms with van der Waals surface area (Å²) in [5.41, 5.74) is 0. The smallest absolute Gasteiger partial charge is 0.0620 e. The normalized spacial score (nSPS) is 21.5. The van der Waals surface area contributed by atoms with Gasteiger partial charge in [0.2, 0.25) is 0 Å². The van der Waals surface area contributed by atoms with E-state index in [0.29, 0.717) is 0 Å². The van der Waals surface area contributed by atoms with Crippen LogP contribution < -0.4 is 5.84 Å². The minimum Gasteiger partial charge on any atom is -0.230 e. The fourth-order valence-electron chi connectivity index (χ4n) is 0.981. The molecule has 4 heteroatoms. The van der Waals surface area contributed by atoms with Gasteiger partial charge in [0.1, 0.15) is 0 Å². The molecule has 0 radical (unpaired) electrons. The van der Waals surface area contributed by atoms with E-state index in [1.165, 1.54) is 18.0 Å². The van der Waals surface area contributed by atoms with Crippen molar-refractivity contribution in [3.8, 4) is 0 Å². The molecule has 0 atom stereocenters. The van der Waals surface area contributed by atoms with Gasteiger partial charge in [-0.05, 0) is 12.8 Å². The van der Waals surface area contributed by atoms with Gasteiger partial charge >= 0.3 is 0 Å². The number of hydrogen-bond acceptors (Lipinski definition) is 4. The second-order valence-corrected chi connectivity index (χ2v) is 2.53. The number of nitrogens with zero attached hydrogens (tertiary/aromatic N) is 3. The van der Waals surface area contributed by atoms with Crippen LogP contribution in [0.25, 0.3) is 0 Å². The summed E-state index contributed by atoms with van der Waals surface area (Å²) in [4.78, 5) is 0. The van der Waals surface area contributed by atoms with Crippen LogP contribution in [0.5, 0.6) is 0 Å². The van der Waals surface area contributed by atoms with Gasteiger partial charge in [-0.2, -0.15) is 5.11 Å². The topological polar surface area (TPSA) is 54.0 Å². The third-order valence-corrected chi connectivity index (χ3v) is 1.57. The van der Waals surface area contributed by atoms with E-state index in [9.17, 15) is 0 Å². The maximum atomic E-state index is 5.45. The summed E-state index contributed by atoms with van der Waals surface area (Å²) >= 11 is 0. The Balaban J connectivity index is 2.28. The molecule has 0 amide bonds. The first-order chi connectivity index (χ1) is 4.89. The minimum atomic E-state index is 0.827. The van der Waals surface area contributed by atoms with E-state index in [4.69, 9.17) is 5.84 Å². The van der Waals surface area contributed by atoms with E-state index in [0.717, 1.165) is 25.9 Å². The molecule has 0 aromatic rings. The molecule has 2 N–H and O–H groups in total. The maximum Gasteiger partial charge on any atom is 0.0620 e. The molecule has 0 bridgehead atoms. The third kappa shape index (κ3) is 2.77. The molecule has 0 aromatic heterocycles. The lowest BCUT2D eigenvalue weighted by Crippen LogP contribution is -2.25. The summed E-state index contributed by atoms with van der Waals surface area (Å²) in [5, 5.41) is 9.10. The first-order valence-electron chi connectivity index (χ1n) is 3.79. The summed E-state index contributed by atoms with van der Waals surface area (Å²) in [5.74, 6) is 5.45. The SMILES string of the molecule is NN1CCCCCCN=N1. The predicted octanol–water partition coefficient (Wildman–Crippen LogP) is 1.10. The molecule has 58 valence electrons. The van der Waals surface area contributed by atoms with Crippen molar-refractivity contribution >= 4 is 0 Å². The zero-order valence-corrected chi connectivity index (χ0v) is 6.16. The van der Waals surface area contributed by atoms with E-state index in [-0.39, 0.29) is 0 Å². The van der Waals surface area contributed by atoms with Gasteiger partial charge in [0, 0.05) is 0 Å². The quantitative estimate of drug-likeness (QED) is 0.515. The Bertz CT molecular complexity index is 112. The maximum absolute atomic E-state index is 5.45. The van der Waals surface area contributed by atoms with Crippen molar-refractivity contribution in [3.63, 3.8) is 0 Å². The second kappa shape index (κ2) is 4.22. The third-order valence-electron chi connectivity index (χ3n) is 1.57. The van der Waals surface area contributed by atoms with Crippen molar-refractivity contribution in [1.29, 1.82) is 0 Å². The minimum absolute atomic E-state index is 0.827. The van der Waals surface area contributed by atoms with E-state index in [1.54, 1.807) is 0 Å². The summed E-state index contributed by atoms with van der Waals surface area (Å²) in [6, 6.07) is 0. The Kier molecular flexibility index (Phi) is 3.15. The van der Waals surface area contributed by atoms with Crippen molar-refractivity contribution in [1.82, 2.24) is 5.12 Å². The van der Waals surface area contributed by atoms with Crippen LogP contribution in [0.15, 0.2) is 10.3 Å². The van der Waals surface area contributed by atoms with Crippen LogP contribution in [-0.4, -0.2) is 18.2 Å². The highest BCUT2D eigenvalue weighted by Gasteiger charge is 1.97. The molecule has 0 unspecified atom stereocenters. The van der Waals surface area contributed by atoms with Gasteiger partial charge in [-0.15, -0.1) is 0 Å². The Morgan fingerprint density at radius 1 is 1.10 bits per heavy atom. The number of nitrogens with two attached hydrogens (primary N) is 1. The Labute approximate surface area is 61.0 Å². The van der Waals surface area contributed by atoms with Crippen LogP contribution in [-0.2, 0) is 0 Å². The van der Waals surface area contributed by atoms with Gasteiger partial charge in [-0.3, -0.25) is 0 Å². The summed E-state index contributed by atoms with van der Waals surface area (Å²) < 4.78 is 0. The Morgan fingerprint density at radius 3 is 2.80 bits per heavy atom. The van der Waals surface area contributed by atoms with Crippen molar-refractivity contribution in [2.75, 3.05) is 13.1 Å². The van der Waals surface area contributed by atoms with E-state index >= 15 is 0 Å². The van der Waals surface area contributed by atoms with E-state index < -0.39 is 0 Å². The van der Waals surface area contributed by atoms with Crippen LogP contribution >= 0.6 is 0 Å². The molecule has 0 aromatic carbocycles. The molecule has 1 rings (SSSR count). The van der Waals surface area contributed by atoms with Gasteiger partial charge in [0.05, 0.1) is 13.1 Å². The van der Waals surface area contributed by atoms with Crippen LogP contribution in [0.2, 0.25) is 0 Å². The first-order valence-corrected chi connectivity index (χ1v) is 3.79. The fraction of sp³-hybridized carbons (Fsp3) is 1.00. The average molecular weight is 142 g/mol. The number of hydrogen-bond donors (Lipinski definition) is 1. The summed E-state index contributed by atoms with van der Waals surface area (Å²) in [7, 11) is 0. The molecule has 0 saturated heterocycles. The molecule has 0 aliphatic carbocycles. The Morgan fingerprint density at radius 2 is 1.90 bits per heavy atom. The lowest BCUT2D eigenvalue weighted by molar-refractivity contribution is 0.272. The van der Waals surface area contributed by atoms with Crippen molar-refractivity contribution in [3.05, 3.63) is 0 Å². The summed E-state index contributed by atoms with van der Waals surface area (Å²) in [6.07, 6.45) is 4.79. The van der Waals surface area contributed by atoms with E-state index in [1.807, 2.05) is 0 Å². The van der Waals surface area contributed by atoms with Crippen LogP contribution in [0.3, 0.4) is 0 Å². The molecule has 0 spiro atoms. The fourth-order valence-corrected chi connectivity index (χ4v) is 0.981. The monoisotopic (exact) mass is 142 g/mol. The van der Waals surface area contributed by atoms with Gasteiger partial charge < -0.3 is 0 Å². The molecular weight excluding hydrogens is 128 g/mol.